The van der Waals surface area contributed by atoms with Crippen LogP contribution >= 0.6 is 0 Å². The minimum Gasteiger partial charge on any atom is -0.386 e. The summed E-state index contributed by atoms with van der Waals surface area (Å²) in [6.45, 7) is 5.08. The number of nitriles is 1. The molecular formula is C15H20N2O2. The maximum absolute atomic E-state index is 10.4. The van der Waals surface area contributed by atoms with E-state index in [4.69, 9.17) is 10.00 Å². The largest absolute Gasteiger partial charge is 0.386 e. The molecule has 102 valence electrons. The number of hydrogen-bond acceptors (Lipinski definition) is 4. The van der Waals surface area contributed by atoms with E-state index in [0.29, 0.717) is 25.1 Å². The van der Waals surface area contributed by atoms with Crippen LogP contribution in [-0.2, 0) is 4.74 Å². The van der Waals surface area contributed by atoms with Gasteiger partial charge in [0.15, 0.2) is 0 Å². The Balaban J connectivity index is 1.93. The lowest BCUT2D eigenvalue weighted by atomic mass is 9.96. The maximum atomic E-state index is 10.4. The standard InChI is InChI=1S/C15H20N2O2/c1-11(14-5-3-13(9-16)4-6-14)17-10-15(18)7-8-19-12(15)2/h3-6,11-12,17-18H,7-8,10H2,1-2H3. The Morgan fingerprint density at radius 1 is 1.53 bits per heavy atom. The average molecular weight is 260 g/mol. The topological polar surface area (TPSA) is 65.3 Å². The first-order valence-electron chi connectivity index (χ1n) is 6.62. The Morgan fingerprint density at radius 3 is 2.74 bits per heavy atom. The van der Waals surface area contributed by atoms with E-state index in [1.165, 1.54) is 0 Å². The lowest BCUT2D eigenvalue weighted by molar-refractivity contribution is -0.0274. The molecule has 1 saturated heterocycles. The summed E-state index contributed by atoms with van der Waals surface area (Å²) in [5.41, 5.74) is 0.988. The number of hydrogen-bond donors (Lipinski definition) is 2. The van der Waals surface area contributed by atoms with Crippen LogP contribution in [0, 0.1) is 11.3 Å². The fourth-order valence-corrected chi connectivity index (χ4v) is 2.30. The van der Waals surface area contributed by atoms with Crippen LogP contribution in [0.3, 0.4) is 0 Å². The van der Waals surface area contributed by atoms with E-state index in [0.717, 1.165) is 5.56 Å². The highest BCUT2D eigenvalue weighted by molar-refractivity contribution is 5.32. The zero-order valence-electron chi connectivity index (χ0n) is 11.4. The highest BCUT2D eigenvalue weighted by Gasteiger charge is 2.39. The highest BCUT2D eigenvalue weighted by Crippen LogP contribution is 2.25. The van der Waals surface area contributed by atoms with Gasteiger partial charge in [-0.05, 0) is 31.5 Å². The molecule has 0 saturated carbocycles. The van der Waals surface area contributed by atoms with Gasteiger partial charge in [-0.3, -0.25) is 0 Å². The molecule has 0 aliphatic carbocycles. The summed E-state index contributed by atoms with van der Waals surface area (Å²) in [4.78, 5) is 0. The van der Waals surface area contributed by atoms with Crippen LogP contribution in [0.4, 0.5) is 0 Å². The third-order valence-electron chi connectivity index (χ3n) is 3.91. The number of aliphatic hydroxyl groups is 1. The predicted octanol–water partition coefficient (Wildman–Crippen LogP) is 1.75. The van der Waals surface area contributed by atoms with Gasteiger partial charge in [-0.25, -0.2) is 0 Å². The summed E-state index contributed by atoms with van der Waals surface area (Å²) in [5, 5.41) is 22.5. The van der Waals surface area contributed by atoms with Gasteiger partial charge in [0.05, 0.1) is 17.7 Å². The highest BCUT2D eigenvalue weighted by atomic mass is 16.5. The first-order valence-corrected chi connectivity index (χ1v) is 6.62. The van der Waals surface area contributed by atoms with Crippen molar-refractivity contribution in [2.75, 3.05) is 13.2 Å². The number of benzene rings is 1. The molecule has 1 aromatic carbocycles. The number of nitrogens with zero attached hydrogens (tertiary/aromatic N) is 1. The predicted molar refractivity (Wildman–Crippen MR) is 72.6 cm³/mol. The normalized spacial score (nSPS) is 28.0. The molecule has 0 aromatic heterocycles. The summed E-state index contributed by atoms with van der Waals surface area (Å²) in [6, 6.07) is 9.73. The van der Waals surface area contributed by atoms with Crippen molar-refractivity contribution < 1.29 is 9.84 Å². The molecule has 0 amide bonds. The number of nitrogens with one attached hydrogen (secondary N) is 1. The van der Waals surface area contributed by atoms with Crippen LogP contribution < -0.4 is 5.32 Å². The molecular weight excluding hydrogens is 240 g/mol. The van der Waals surface area contributed by atoms with Crippen molar-refractivity contribution >= 4 is 0 Å². The molecule has 1 aromatic rings. The summed E-state index contributed by atoms with van der Waals surface area (Å²) in [6.07, 6.45) is 0.537. The van der Waals surface area contributed by atoms with Crippen LogP contribution in [0.1, 0.15) is 37.4 Å². The van der Waals surface area contributed by atoms with Gasteiger partial charge in [0.1, 0.15) is 5.60 Å². The molecule has 0 radical (unpaired) electrons. The van der Waals surface area contributed by atoms with Crippen LogP contribution in [0.15, 0.2) is 24.3 Å². The lowest BCUT2D eigenvalue weighted by Gasteiger charge is -2.28. The Morgan fingerprint density at radius 2 is 2.21 bits per heavy atom. The first kappa shape index (κ1) is 14.0. The fourth-order valence-electron chi connectivity index (χ4n) is 2.30. The molecule has 1 aliphatic heterocycles. The summed E-state index contributed by atoms with van der Waals surface area (Å²) in [5.74, 6) is 0. The Labute approximate surface area is 114 Å². The second-order valence-electron chi connectivity index (χ2n) is 5.20. The molecule has 4 heteroatoms. The van der Waals surface area contributed by atoms with Gasteiger partial charge in [0.25, 0.3) is 0 Å². The summed E-state index contributed by atoms with van der Waals surface area (Å²) < 4.78 is 5.41. The van der Waals surface area contributed by atoms with E-state index in [1.54, 1.807) is 0 Å². The zero-order valence-corrected chi connectivity index (χ0v) is 11.4. The zero-order chi connectivity index (χ0) is 13.9. The Hall–Kier alpha value is -1.41. The second-order valence-corrected chi connectivity index (χ2v) is 5.20. The molecule has 3 unspecified atom stereocenters. The van der Waals surface area contributed by atoms with Crippen LogP contribution in [0.2, 0.25) is 0 Å². The molecule has 2 rings (SSSR count). The molecule has 1 heterocycles. The quantitative estimate of drug-likeness (QED) is 0.865. The van der Waals surface area contributed by atoms with E-state index < -0.39 is 5.60 Å². The molecule has 4 nitrogen and oxygen atoms in total. The van der Waals surface area contributed by atoms with Crippen LogP contribution in [0.25, 0.3) is 0 Å². The van der Waals surface area contributed by atoms with E-state index in [9.17, 15) is 5.11 Å². The van der Waals surface area contributed by atoms with Gasteiger partial charge in [0, 0.05) is 25.6 Å². The van der Waals surface area contributed by atoms with Crippen molar-refractivity contribution in [2.24, 2.45) is 0 Å². The van der Waals surface area contributed by atoms with Gasteiger partial charge in [-0.15, -0.1) is 0 Å². The smallest absolute Gasteiger partial charge is 0.105 e. The van der Waals surface area contributed by atoms with Crippen molar-refractivity contribution in [3.05, 3.63) is 35.4 Å². The van der Waals surface area contributed by atoms with Crippen molar-refractivity contribution in [1.29, 1.82) is 5.26 Å². The molecule has 0 spiro atoms. The number of ether oxygens (including phenoxy) is 1. The van der Waals surface area contributed by atoms with Crippen molar-refractivity contribution in [1.82, 2.24) is 5.32 Å². The van der Waals surface area contributed by atoms with E-state index >= 15 is 0 Å². The molecule has 3 atom stereocenters. The molecule has 19 heavy (non-hydrogen) atoms. The van der Waals surface area contributed by atoms with Gasteiger partial charge < -0.3 is 15.2 Å². The minimum atomic E-state index is -0.777. The van der Waals surface area contributed by atoms with Gasteiger partial charge in [-0.1, -0.05) is 12.1 Å². The summed E-state index contributed by atoms with van der Waals surface area (Å²) >= 11 is 0. The molecule has 0 bridgehead atoms. The van der Waals surface area contributed by atoms with Crippen LogP contribution in [-0.4, -0.2) is 30.0 Å². The van der Waals surface area contributed by atoms with Gasteiger partial charge >= 0.3 is 0 Å². The summed E-state index contributed by atoms with van der Waals surface area (Å²) in [7, 11) is 0. The fraction of sp³-hybridized carbons (Fsp3) is 0.533. The second kappa shape index (κ2) is 5.70. The Kier molecular flexibility index (Phi) is 4.20. The third-order valence-corrected chi connectivity index (χ3v) is 3.91. The first-order chi connectivity index (χ1) is 9.05. The maximum Gasteiger partial charge on any atom is 0.105 e. The lowest BCUT2D eigenvalue weighted by Crippen LogP contribution is -2.46. The minimum absolute atomic E-state index is 0.129. The molecule has 2 N–H and O–H groups in total. The van der Waals surface area contributed by atoms with E-state index in [2.05, 4.69) is 11.4 Å². The van der Waals surface area contributed by atoms with Crippen molar-refractivity contribution in [3.63, 3.8) is 0 Å². The monoisotopic (exact) mass is 260 g/mol. The molecule has 1 aliphatic rings. The van der Waals surface area contributed by atoms with E-state index in [1.807, 2.05) is 38.1 Å². The van der Waals surface area contributed by atoms with Crippen molar-refractivity contribution in [3.8, 4) is 6.07 Å². The Bertz CT molecular complexity index is 466. The van der Waals surface area contributed by atoms with Gasteiger partial charge in [0.2, 0.25) is 0 Å². The third kappa shape index (κ3) is 3.13. The molecule has 1 fully saturated rings. The number of rotatable bonds is 4. The SMILES string of the molecule is CC(NCC1(O)CCOC1C)c1ccc(C#N)cc1. The van der Waals surface area contributed by atoms with Gasteiger partial charge in [-0.2, -0.15) is 5.26 Å². The average Bonchev–Trinajstić information content (AvgIpc) is 2.77. The van der Waals surface area contributed by atoms with E-state index in [-0.39, 0.29) is 12.1 Å². The van der Waals surface area contributed by atoms with Crippen molar-refractivity contribution in [2.45, 2.75) is 38.0 Å². The van der Waals surface area contributed by atoms with Crippen LogP contribution in [0.5, 0.6) is 0 Å².